The van der Waals surface area contributed by atoms with Crippen LogP contribution in [0.2, 0.25) is 0 Å². The molecule has 1 saturated heterocycles. The van der Waals surface area contributed by atoms with Crippen LogP contribution >= 0.6 is 0 Å². The standard InChI is InChI=1S/C36H33N3O4/c1-3-25-12-16-28(17-13-25)37-34(40)31-30-18-19-36(43-30)32(31)35(42-4-2)39(29-8-6-5-7-9-29)33(36)27-14-10-26(11-15-27)24-38-20-22-41-23-21-38/h1,5-19,30,33H,4,20-24H2,2H3/p+1. The highest BCUT2D eigenvalue weighted by Gasteiger charge is 2.68. The van der Waals surface area contributed by atoms with Gasteiger partial charge in [0.15, 0.2) is 5.60 Å². The smallest absolute Gasteiger partial charge is 0.376 e. The SMILES string of the molecule is C#Cc1ccc(NC(=O)C2=C3C(OCC)=[N+](c4ccccc4)C(c4ccc(CN5CCOCC5)cc4)C34C=CC2O4)cc1. The predicted octanol–water partition coefficient (Wildman–Crippen LogP) is 4.98. The van der Waals surface area contributed by atoms with Crippen molar-refractivity contribution >= 4 is 23.2 Å². The van der Waals surface area contributed by atoms with Crippen molar-refractivity contribution in [3.05, 3.63) is 119 Å². The van der Waals surface area contributed by atoms with E-state index in [0.29, 0.717) is 23.8 Å². The van der Waals surface area contributed by atoms with E-state index < -0.39 is 11.7 Å². The lowest BCUT2D eigenvalue weighted by Crippen LogP contribution is -2.36. The average molecular weight is 573 g/mol. The summed E-state index contributed by atoms with van der Waals surface area (Å²) in [5.41, 5.74) is 5.20. The number of anilines is 1. The van der Waals surface area contributed by atoms with E-state index in [0.717, 1.165) is 55.2 Å². The van der Waals surface area contributed by atoms with Crippen molar-refractivity contribution in [3.8, 4) is 12.3 Å². The van der Waals surface area contributed by atoms with Gasteiger partial charge in [-0.3, -0.25) is 9.69 Å². The molecule has 1 amide bonds. The fourth-order valence-electron chi connectivity index (χ4n) is 6.62. The van der Waals surface area contributed by atoms with Gasteiger partial charge < -0.3 is 19.5 Å². The molecule has 1 N–H and O–H groups in total. The van der Waals surface area contributed by atoms with Crippen LogP contribution in [0.25, 0.3) is 0 Å². The molecule has 0 aliphatic carbocycles. The number of amides is 1. The van der Waals surface area contributed by atoms with Gasteiger partial charge in [-0.1, -0.05) is 54.5 Å². The number of terminal acetylenes is 1. The highest BCUT2D eigenvalue weighted by molar-refractivity contribution is 6.13. The minimum absolute atomic E-state index is 0.216. The van der Waals surface area contributed by atoms with E-state index in [1.807, 2.05) is 55.5 Å². The van der Waals surface area contributed by atoms with E-state index in [1.54, 1.807) is 0 Å². The zero-order chi connectivity index (χ0) is 29.4. The van der Waals surface area contributed by atoms with Crippen molar-refractivity contribution in [3.63, 3.8) is 0 Å². The number of hydrogen-bond donors (Lipinski definition) is 1. The second-order valence-corrected chi connectivity index (χ2v) is 11.1. The Morgan fingerprint density at radius 3 is 2.51 bits per heavy atom. The summed E-state index contributed by atoms with van der Waals surface area (Å²) in [6.45, 7) is 6.72. The predicted molar refractivity (Wildman–Crippen MR) is 165 cm³/mol. The van der Waals surface area contributed by atoms with Gasteiger partial charge in [-0.2, -0.15) is 0 Å². The largest absolute Gasteiger partial charge is 0.444 e. The van der Waals surface area contributed by atoms with E-state index >= 15 is 0 Å². The molecule has 0 saturated carbocycles. The number of rotatable bonds is 7. The van der Waals surface area contributed by atoms with Gasteiger partial charge >= 0.3 is 5.90 Å². The van der Waals surface area contributed by atoms with Crippen LogP contribution in [0.5, 0.6) is 0 Å². The molecule has 1 spiro atoms. The van der Waals surface area contributed by atoms with Crippen molar-refractivity contribution in [1.29, 1.82) is 0 Å². The van der Waals surface area contributed by atoms with Crippen LogP contribution in [0.15, 0.2) is 102 Å². The minimum atomic E-state index is -0.878. The Labute approximate surface area is 252 Å². The number of nitrogens with one attached hydrogen (secondary N) is 1. The van der Waals surface area contributed by atoms with E-state index in [9.17, 15) is 4.79 Å². The molecular weight excluding hydrogens is 538 g/mol. The van der Waals surface area contributed by atoms with E-state index in [1.165, 1.54) is 5.56 Å². The second kappa shape index (κ2) is 11.3. The molecule has 0 aromatic heterocycles. The van der Waals surface area contributed by atoms with Gasteiger partial charge in [-0.05, 0) is 42.8 Å². The Morgan fingerprint density at radius 1 is 1.07 bits per heavy atom. The lowest BCUT2D eigenvalue weighted by Gasteiger charge is -2.27. The summed E-state index contributed by atoms with van der Waals surface area (Å²) in [5, 5.41) is 3.07. The molecule has 3 aromatic rings. The van der Waals surface area contributed by atoms with Gasteiger partial charge in [0, 0.05) is 48.6 Å². The van der Waals surface area contributed by atoms with Crippen LogP contribution < -0.4 is 5.32 Å². The molecule has 43 heavy (non-hydrogen) atoms. The van der Waals surface area contributed by atoms with E-state index in [2.05, 4.69) is 63.2 Å². The van der Waals surface area contributed by atoms with Crippen LogP contribution in [0, 0.1) is 12.3 Å². The second-order valence-electron chi connectivity index (χ2n) is 11.1. The molecule has 3 unspecified atom stereocenters. The fourth-order valence-corrected chi connectivity index (χ4v) is 6.62. The number of ether oxygens (including phenoxy) is 3. The van der Waals surface area contributed by atoms with Crippen LogP contribution in [0.4, 0.5) is 11.4 Å². The van der Waals surface area contributed by atoms with E-state index in [-0.39, 0.29) is 11.9 Å². The van der Waals surface area contributed by atoms with Gasteiger partial charge in [0.05, 0.1) is 25.4 Å². The third kappa shape index (κ3) is 4.78. The summed E-state index contributed by atoms with van der Waals surface area (Å²) in [6, 6.07) is 25.9. The van der Waals surface area contributed by atoms with Crippen molar-refractivity contribution in [2.45, 2.75) is 31.2 Å². The van der Waals surface area contributed by atoms with Crippen LogP contribution in [0.3, 0.4) is 0 Å². The number of hydrogen-bond acceptors (Lipinski definition) is 5. The Hall–Kier alpha value is -4.48. The number of carbonyl (C=O) groups excluding carboxylic acids is 1. The Balaban J connectivity index is 1.31. The third-order valence-electron chi connectivity index (χ3n) is 8.56. The van der Waals surface area contributed by atoms with Crippen molar-refractivity contribution < 1.29 is 23.6 Å². The zero-order valence-corrected chi connectivity index (χ0v) is 24.2. The van der Waals surface area contributed by atoms with Gasteiger partial charge in [0.2, 0.25) is 11.7 Å². The Kier molecular flexibility index (Phi) is 7.20. The first-order valence-electron chi connectivity index (χ1n) is 14.8. The first kappa shape index (κ1) is 27.4. The summed E-state index contributed by atoms with van der Waals surface area (Å²) in [5.74, 6) is 3.05. The molecule has 3 atom stereocenters. The highest BCUT2D eigenvalue weighted by atomic mass is 16.5. The third-order valence-corrected chi connectivity index (χ3v) is 8.56. The van der Waals surface area contributed by atoms with Crippen molar-refractivity contribution in [1.82, 2.24) is 4.90 Å². The minimum Gasteiger partial charge on any atom is -0.444 e. The molecule has 3 aromatic carbocycles. The molecule has 216 valence electrons. The van der Waals surface area contributed by atoms with Crippen molar-refractivity contribution in [2.75, 3.05) is 38.2 Å². The summed E-state index contributed by atoms with van der Waals surface area (Å²) < 4.78 is 20.9. The van der Waals surface area contributed by atoms with Crippen LogP contribution in [-0.2, 0) is 25.5 Å². The summed E-state index contributed by atoms with van der Waals surface area (Å²) >= 11 is 0. The molecular formula is C36H34N3O4+. The van der Waals surface area contributed by atoms with Crippen LogP contribution in [-0.4, -0.2) is 65.9 Å². The molecule has 4 heterocycles. The molecule has 7 heteroatoms. The highest BCUT2D eigenvalue weighted by Crippen LogP contribution is 2.57. The van der Waals surface area contributed by atoms with Crippen LogP contribution in [0.1, 0.15) is 29.7 Å². The number of para-hydroxylation sites is 1. The number of nitrogens with zero attached hydrogens (tertiary/aromatic N) is 2. The summed E-state index contributed by atoms with van der Waals surface area (Å²) in [7, 11) is 0. The van der Waals surface area contributed by atoms with Gasteiger partial charge in [0.1, 0.15) is 11.7 Å². The monoisotopic (exact) mass is 572 g/mol. The summed E-state index contributed by atoms with van der Waals surface area (Å²) in [6.07, 6.45) is 9.15. The number of morpholine rings is 1. The average Bonchev–Trinajstić information content (AvgIpc) is 3.70. The maximum atomic E-state index is 13.9. The van der Waals surface area contributed by atoms with Crippen molar-refractivity contribution in [2.24, 2.45) is 0 Å². The molecule has 1 fully saturated rings. The first-order valence-corrected chi connectivity index (χ1v) is 14.8. The maximum absolute atomic E-state index is 13.9. The van der Waals surface area contributed by atoms with Gasteiger partial charge in [-0.25, -0.2) is 0 Å². The van der Waals surface area contributed by atoms with Gasteiger partial charge in [0.25, 0.3) is 5.91 Å². The molecule has 4 aliphatic rings. The van der Waals surface area contributed by atoms with E-state index in [4.69, 9.17) is 20.6 Å². The topological polar surface area (TPSA) is 63.0 Å². The lowest BCUT2D eigenvalue weighted by molar-refractivity contribution is -0.507. The molecule has 7 nitrogen and oxygen atoms in total. The molecule has 2 bridgehead atoms. The molecule has 0 radical (unpaired) electrons. The molecule has 4 aliphatic heterocycles. The molecule has 7 rings (SSSR count). The number of carbonyl (C=O) groups is 1. The lowest BCUT2D eigenvalue weighted by atomic mass is 9.81. The van der Waals surface area contributed by atoms with Gasteiger partial charge in [-0.15, -0.1) is 11.0 Å². The zero-order valence-electron chi connectivity index (χ0n) is 24.2. The number of benzene rings is 3. The fraction of sp³-hybridized carbons (Fsp3) is 0.278. The normalized spacial score (nSPS) is 24.3. The number of fused-ring (bicyclic) bond motifs is 1. The first-order chi connectivity index (χ1) is 21.1. The Bertz CT molecular complexity index is 1660. The Morgan fingerprint density at radius 2 is 1.81 bits per heavy atom. The summed E-state index contributed by atoms with van der Waals surface area (Å²) in [4.78, 5) is 16.4. The maximum Gasteiger partial charge on any atom is 0.376 e. The quantitative estimate of drug-likeness (QED) is 0.246.